The Hall–Kier alpha value is -0.710. The quantitative estimate of drug-likeness (QED) is 0.871. The van der Waals surface area contributed by atoms with Crippen LogP contribution in [0, 0.1) is 0 Å². The standard InChI is InChI=1S/C16H25NO2S/c1-12(17-15-6-8-20-9-7-15)13-4-5-16(19-3)14(10-13)11-18-2/h4-5,10,12,15,17H,6-9,11H2,1-3H3. The van der Waals surface area contributed by atoms with E-state index in [1.807, 2.05) is 6.07 Å². The summed E-state index contributed by atoms with van der Waals surface area (Å²) < 4.78 is 10.6. The molecule has 1 aliphatic heterocycles. The lowest BCUT2D eigenvalue weighted by Crippen LogP contribution is -2.34. The van der Waals surface area contributed by atoms with Crippen LogP contribution in [0.15, 0.2) is 18.2 Å². The van der Waals surface area contributed by atoms with Gasteiger partial charge in [0.15, 0.2) is 0 Å². The zero-order valence-corrected chi connectivity index (χ0v) is 13.5. The van der Waals surface area contributed by atoms with E-state index >= 15 is 0 Å². The normalized spacial score (nSPS) is 17.9. The summed E-state index contributed by atoms with van der Waals surface area (Å²) in [5.41, 5.74) is 2.41. The van der Waals surface area contributed by atoms with Crippen molar-refractivity contribution < 1.29 is 9.47 Å². The van der Waals surface area contributed by atoms with Gasteiger partial charge >= 0.3 is 0 Å². The molecule has 1 saturated heterocycles. The molecular formula is C16H25NO2S. The summed E-state index contributed by atoms with van der Waals surface area (Å²) in [5.74, 6) is 3.46. The maximum absolute atomic E-state index is 5.38. The Morgan fingerprint density at radius 1 is 1.30 bits per heavy atom. The molecule has 20 heavy (non-hydrogen) atoms. The highest BCUT2D eigenvalue weighted by Gasteiger charge is 2.17. The minimum atomic E-state index is 0.365. The summed E-state index contributed by atoms with van der Waals surface area (Å²) in [6.07, 6.45) is 2.55. The molecule has 1 unspecified atom stereocenters. The second-order valence-corrected chi connectivity index (χ2v) is 6.50. The van der Waals surface area contributed by atoms with Crippen LogP contribution in [0.4, 0.5) is 0 Å². The van der Waals surface area contributed by atoms with Crippen LogP contribution in [-0.2, 0) is 11.3 Å². The van der Waals surface area contributed by atoms with Gasteiger partial charge in [-0.3, -0.25) is 0 Å². The van der Waals surface area contributed by atoms with Gasteiger partial charge in [-0.1, -0.05) is 6.07 Å². The highest BCUT2D eigenvalue weighted by atomic mass is 32.2. The summed E-state index contributed by atoms with van der Waals surface area (Å²) in [7, 11) is 3.42. The lowest BCUT2D eigenvalue weighted by Gasteiger charge is -2.27. The SMILES string of the molecule is COCc1cc(C(C)NC2CCSCC2)ccc1OC. The summed E-state index contributed by atoms with van der Waals surface area (Å²) in [4.78, 5) is 0. The summed E-state index contributed by atoms with van der Waals surface area (Å²) in [6, 6.07) is 7.40. The zero-order chi connectivity index (χ0) is 14.4. The second-order valence-electron chi connectivity index (χ2n) is 5.28. The monoisotopic (exact) mass is 295 g/mol. The Balaban J connectivity index is 2.04. The first kappa shape index (κ1) is 15.7. The molecule has 0 spiro atoms. The fourth-order valence-corrected chi connectivity index (χ4v) is 3.76. The Kier molecular flexibility index (Phi) is 6.20. The number of hydrogen-bond donors (Lipinski definition) is 1. The third-order valence-electron chi connectivity index (χ3n) is 3.81. The molecule has 1 fully saturated rings. The molecular weight excluding hydrogens is 270 g/mol. The maximum atomic E-state index is 5.38. The fraction of sp³-hybridized carbons (Fsp3) is 0.625. The van der Waals surface area contributed by atoms with Gasteiger partial charge in [-0.15, -0.1) is 0 Å². The lowest BCUT2D eigenvalue weighted by atomic mass is 10.0. The van der Waals surface area contributed by atoms with Crippen LogP contribution in [0.3, 0.4) is 0 Å². The van der Waals surface area contributed by atoms with Crippen molar-refractivity contribution in [1.29, 1.82) is 0 Å². The van der Waals surface area contributed by atoms with Gasteiger partial charge in [0.1, 0.15) is 5.75 Å². The van der Waals surface area contributed by atoms with E-state index in [0.717, 1.165) is 11.3 Å². The maximum Gasteiger partial charge on any atom is 0.124 e. The first-order valence-electron chi connectivity index (χ1n) is 7.24. The summed E-state index contributed by atoms with van der Waals surface area (Å²) in [5, 5.41) is 3.75. The molecule has 1 aromatic carbocycles. The number of hydrogen-bond acceptors (Lipinski definition) is 4. The first-order chi connectivity index (χ1) is 9.74. The molecule has 0 bridgehead atoms. The van der Waals surface area contributed by atoms with Crippen molar-refractivity contribution in [3.63, 3.8) is 0 Å². The van der Waals surface area contributed by atoms with E-state index in [2.05, 4.69) is 36.1 Å². The Bertz CT molecular complexity index is 419. The van der Waals surface area contributed by atoms with Gasteiger partial charge in [-0.25, -0.2) is 0 Å². The van der Waals surface area contributed by atoms with Crippen LogP contribution < -0.4 is 10.1 Å². The molecule has 2 rings (SSSR count). The van der Waals surface area contributed by atoms with Gasteiger partial charge in [0.25, 0.3) is 0 Å². The number of rotatable bonds is 6. The topological polar surface area (TPSA) is 30.5 Å². The highest BCUT2D eigenvalue weighted by molar-refractivity contribution is 7.99. The third kappa shape index (κ3) is 4.14. The van der Waals surface area contributed by atoms with Crippen molar-refractivity contribution in [3.05, 3.63) is 29.3 Å². The predicted molar refractivity (Wildman–Crippen MR) is 85.6 cm³/mol. The minimum absolute atomic E-state index is 0.365. The molecule has 1 N–H and O–H groups in total. The van der Waals surface area contributed by atoms with E-state index < -0.39 is 0 Å². The predicted octanol–water partition coefficient (Wildman–Crippen LogP) is 3.39. The molecule has 3 nitrogen and oxygen atoms in total. The number of ether oxygens (including phenoxy) is 2. The van der Waals surface area contributed by atoms with Crippen LogP contribution in [0.2, 0.25) is 0 Å². The fourth-order valence-electron chi connectivity index (χ4n) is 2.65. The van der Waals surface area contributed by atoms with E-state index in [-0.39, 0.29) is 0 Å². The number of nitrogens with one attached hydrogen (secondary N) is 1. The zero-order valence-electron chi connectivity index (χ0n) is 12.6. The van der Waals surface area contributed by atoms with E-state index in [4.69, 9.17) is 9.47 Å². The van der Waals surface area contributed by atoms with E-state index in [0.29, 0.717) is 18.7 Å². The Labute approximate surface area is 126 Å². The lowest BCUT2D eigenvalue weighted by molar-refractivity contribution is 0.181. The summed E-state index contributed by atoms with van der Waals surface area (Å²) >= 11 is 2.06. The molecule has 0 aliphatic carbocycles. The van der Waals surface area contributed by atoms with Gasteiger partial charge in [-0.2, -0.15) is 11.8 Å². The smallest absolute Gasteiger partial charge is 0.124 e. The average Bonchev–Trinajstić information content (AvgIpc) is 2.48. The molecule has 0 saturated carbocycles. The van der Waals surface area contributed by atoms with Crippen LogP contribution in [0.5, 0.6) is 5.75 Å². The molecule has 1 aliphatic rings. The third-order valence-corrected chi connectivity index (χ3v) is 4.86. The Morgan fingerprint density at radius 2 is 2.05 bits per heavy atom. The average molecular weight is 295 g/mol. The number of methoxy groups -OCH3 is 2. The van der Waals surface area contributed by atoms with E-state index in [1.54, 1.807) is 14.2 Å². The highest BCUT2D eigenvalue weighted by Crippen LogP contribution is 2.25. The van der Waals surface area contributed by atoms with Crippen molar-refractivity contribution >= 4 is 11.8 Å². The van der Waals surface area contributed by atoms with Crippen LogP contribution in [-0.4, -0.2) is 31.8 Å². The Morgan fingerprint density at radius 3 is 2.70 bits per heavy atom. The van der Waals surface area contributed by atoms with E-state index in [9.17, 15) is 0 Å². The van der Waals surface area contributed by atoms with Gasteiger partial charge < -0.3 is 14.8 Å². The van der Waals surface area contributed by atoms with Crippen molar-refractivity contribution in [1.82, 2.24) is 5.32 Å². The first-order valence-corrected chi connectivity index (χ1v) is 8.39. The molecule has 4 heteroatoms. The minimum Gasteiger partial charge on any atom is -0.496 e. The molecule has 112 valence electrons. The number of thioether (sulfide) groups is 1. The van der Waals surface area contributed by atoms with Crippen LogP contribution >= 0.6 is 11.8 Å². The van der Waals surface area contributed by atoms with Crippen LogP contribution in [0.25, 0.3) is 0 Å². The van der Waals surface area contributed by atoms with Crippen molar-refractivity contribution in [2.45, 2.75) is 38.5 Å². The number of benzene rings is 1. The van der Waals surface area contributed by atoms with Crippen molar-refractivity contribution in [2.24, 2.45) is 0 Å². The molecule has 1 aromatic rings. The van der Waals surface area contributed by atoms with Crippen molar-refractivity contribution in [3.8, 4) is 5.75 Å². The van der Waals surface area contributed by atoms with Crippen LogP contribution in [0.1, 0.15) is 36.9 Å². The molecule has 0 amide bonds. The molecule has 0 aromatic heterocycles. The molecule has 1 heterocycles. The summed E-state index contributed by atoms with van der Waals surface area (Å²) in [6.45, 7) is 2.82. The molecule has 0 radical (unpaired) electrons. The van der Waals surface area contributed by atoms with Gasteiger partial charge in [0, 0.05) is 24.8 Å². The van der Waals surface area contributed by atoms with Gasteiger partial charge in [0.2, 0.25) is 0 Å². The largest absolute Gasteiger partial charge is 0.496 e. The van der Waals surface area contributed by atoms with Gasteiger partial charge in [-0.05, 0) is 49.0 Å². The second kappa shape index (κ2) is 7.91. The van der Waals surface area contributed by atoms with E-state index in [1.165, 1.54) is 29.9 Å². The molecule has 1 atom stereocenters. The van der Waals surface area contributed by atoms with Crippen molar-refractivity contribution in [2.75, 3.05) is 25.7 Å². The van der Waals surface area contributed by atoms with Gasteiger partial charge in [0.05, 0.1) is 13.7 Å².